The van der Waals surface area contributed by atoms with Gasteiger partial charge in [0.25, 0.3) is 0 Å². The summed E-state index contributed by atoms with van der Waals surface area (Å²) < 4.78 is 0. The smallest absolute Gasteiger partial charge is 0.338 e. The normalized spacial score (nSPS) is 11.8. The van der Waals surface area contributed by atoms with Crippen molar-refractivity contribution in [3.8, 4) is 0 Å². The maximum atomic E-state index is 10.7. The predicted molar refractivity (Wildman–Crippen MR) is 41.2 cm³/mol. The Balaban J connectivity index is 4.60. The summed E-state index contributed by atoms with van der Waals surface area (Å²) in [6.45, 7) is 4.90. The monoisotopic (exact) mass is 156 g/mol. The first-order valence-corrected chi connectivity index (χ1v) is 3.41. The summed E-state index contributed by atoms with van der Waals surface area (Å²) in [7, 11) is 0. The standard InChI is InChI=1S/C8H12O3/c1-5(2)4-7(6(3)9)8(10)11/h4-5H,1-3H3,(H,10,11). The minimum atomic E-state index is -1.15. The summed E-state index contributed by atoms with van der Waals surface area (Å²) in [5.74, 6) is -1.46. The Bertz CT molecular complexity index is 185. The summed E-state index contributed by atoms with van der Waals surface area (Å²) in [5.41, 5.74) is -0.125. The molecule has 62 valence electrons. The van der Waals surface area contributed by atoms with E-state index < -0.39 is 11.8 Å². The van der Waals surface area contributed by atoms with Crippen molar-refractivity contribution in [3.63, 3.8) is 0 Å². The Labute approximate surface area is 65.7 Å². The Kier molecular flexibility index (Phi) is 3.51. The molecule has 3 heteroatoms. The van der Waals surface area contributed by atoms with Crippen LogP contribution in [0.4, 0.5) is 0 Å². The summed E-state index contributed by atoms with van der Waals surface area (Å²) in [6.07, 6.45) is 1.45. The largest absolute Gasteiger partial charge is 0.478 e. The van der Waals surface area contributed by atoms with Crippen molar-refractivity contribution in [1.82, 2.24) is 0 Å². The molecule has 0 aromatic rings. The van der Waals surface area contributed by atoms with Crippen molar-refractivity contribution in [1.29, 1.82) is 0 Å². The maximum absolute atomic E-state index is 10.7. The molecule has 0 bridgehead atoms. The number of carbonyl (C=O) groups is 2. The van der Waals surface area contributed by atoms with E-state index in [4.69, 9.17) is 5.11 Å². The third-order valence-corrected chi connectivity index (χ3v) is 1.11. The minimum Gasteiger partial charge on any atom is -0.478 e. The summed E-state index contributed by atoms with van der Waals surface area (Å²) >= 11 is 0. The van der Waals surface area contributed by atoms with Crippen LogP contribution in [-0.2, 0) is 9.59 Å². The molecule has 0 spiro atoms. The average molecular weight is 156 g/mol. The molecular weight excluding hydrogens is 144 g/mol. The zero-order valence-corrected chi connectivity index (χ0v) is 6.92. The third kappa shape index (κ3) is 3.55. The fourth-order valence-electron chi connectivity index (χ4n) is 0.673. The fraction of sp³-hybridized carbons (Fsp3) is 0.500. The maximum Gasteiger partial charge on any atom is 0.338 e. The first kappa shape index (κ1) is 9.88. The zero-order chi connectivity index (χ0) is 9.02. The van der Waals surface area contributed by atoms with E-state index in [1.807, 2.05) is 13.8 Å². The van der Waals surface area contributed by atoms with Gasteiger partial charge in [0.05, 0.1) is 5.57 Å². The van der Waals surface area contributed by atoms with Crippen LogP contribution in [-0.4, -0.2) is 16.9 Å². The van der Waals surface area contributed by atoms with Crippen molar-refractivity contribution in [2.75, 3.05) is 0 Å². The first-order chi connectivity index (χ1) is 4.95. The number of aliphatic carboxylic acids is 1. The number of carboxylic acid groups (broad SMARTS) is 1. The molecule has 0 aromatic carbocycles. The van der Waals surface area contributed by atoms with E-state index in [2.05, 4.69) is 0 Å². The number of rotatable bonds is 3. The highest BCUT2D eigenvalue weighted by Gasteiger charge is 2.12. The van der Waals surface area contributed by atoms with Gasteiger partial charge in [0, 0.05) is 0 Å². The van der Waals surface area contributed by atoms with Gasteiger partial charge < -0.3 is 5.11 Å². The molecular formula is C8H12O3. The summed E-state index contributed by atoms with van der Waals surface area (Å²) in [5, 5.41) is 8.50. The van der Waals surface area contributed by atoms with Crippen LogP contribution in [0.15, 0.2) is 11.6 Å². The zero-order valence-electron chi connectivity index (χ0n) is 6.92. The first-order valence-electron chi connectivity index (χ1n) is 3.41. The van der Waals surface area contributed by atoms with Crippen molar-refractivity contribution < 1.29 is 14.7 Å². The van der Waals surface area contributed by atoms with Crippen molar-refractivity contribution in [3.05, 3.63) is 11.6 Å². The predicted octanol–water partition coefficient (Wildman–Crippen LogP) is 1.24. The molecule has 0 radical (unpaired) electrons. The lowest BCUT2D eigenvalue weighted by Gasteiger charge is -1.98. The number of allylic oxidation sites excluding steroid dienone is 1. The summed E-state index contributed by atoms with van der Waals surface area (Å²) in [6, 6.07) is 0. The van der Waals surface area contributed by atoms with Crippen molar-refractivity contribution in [2.24, 2.45) is 5.92 Å². The van der Waals surface area contributed by atoms with Crippen LogP contribution < -0.4 is 0 Å². The number of hydrogen-bond acceptors (Lipinski definition) is 2. The Hall–Kier alpha value is -1.12. The fourth-order valence-corrected chi connectivity index (χ4v) is 0.673. The Morgan fingerprint density at radius 3 is 1.91 bits per heavy atom. The van der Waals surface area contributed by atoms with Crippen LogP contribution in [0.5, 0.6) is 0 Å². The van der Waals surface area contributed by atoms with Gasteiger partial charge in [-0.3, -0.25) is 4.79 Å². The Morgan fingerprint density at radius 2 is 1.82 bits per heavy atom. The lowest BCUT2D eigenvalue weighted by Crippen LogP contribution is -2.09. The van der Waals surface area contributed by atoms with Gasteiger partial charge in [-0.15, -0.1) is 0 Å². The molecule has 11 heavy (non-hydrogen) atoms. The molecule has 0 rings (SSSR count). The Morgan fingerprint density at radius 1 is 1.36 bits per heavy atom. The number of carbonyl (C=O) groups excluding carboxylic acids is 1. The molecule has 0 atom stereocenters. The van der Waals surface area contributed by atoms with Crippen LogP contribution in [0, 0.1) is 5.92 Å². The highest BCUT2D eigenvalue weighted by molar-refractivity contribution is 6.15. The van der Waals surface area contributed by atoms with Gasteiger partial charge in [0.15, 0.2) is 5.78 Å². The molecule has 0 aliphatic carbocycles. The second kappa shape index (κ2) is 3.91. The summed E-state index contributed by atoms with van der Waals surface area (Å²) in [4.78, 5) is 21.1. The molecule has 0 aliphatic heterocycles. The van der Waals surface area contributed by atoms with E-state index in [1.54, 1.807) is 0 Å². The quantitative estimate of drug-likeness (QED) is 0.380. The molecule has 0 unspecified atom stereocenters. The van der Waals surface area contributed by atoms with Gasteiger partial charge >= 0.3 is 5.97 Å². The molecule has 0 saturated carbocycles. The third-order valence-electron chi connectivity index (χ3n) is 1.11. The highest BCUT2D eigenvalue weighted by Crippen LogP contribution is 2.03. The second-order valence-electron chi connectivity index (χ2n) is 2.69. The van der Waals surface area contributed by atoms with Gasteiger partial charge in [0.1, 0.15) is 0 Å². The number of hydrogen-bond donors (Lipinski definition) is 1. The molecule has 0 aromatic heterocycles. The molecule has 0 aliphatic rings. The topological polar surface area (TPSA) is 54.4 Å². The second-order valence-corrected chi connectivity index (χ2v) is 2.69. The van der Waals surface area contributed by atoms with Crippen LogP contribution in [0.25, 0.3) is 0 Å². The van der Waals surface area contributed by atoms with Crippen LogP contribution >= 0.6 is 0 Å². The van der Waals surface area contributed by atoms with E-state index in [9.17, 15) is 9.59 Å². The van der Waals surface area contributed by atoms with Crippen LogP contribution in [0.3, 0.4) is 0 Å². The van der Waals surface area contributed by atoms with E-state index in [0.717, 1.165) is 0 Å². The van der Waals surface area contributed by atoms with Gasteiger partial charge in [-0.05, 0) is 12.8 Å². The molecule has 0 saturated heterocycles. The highest BCUT2D eigenvalue weighted by atomic mass is 16.4. The molecule has 0 amide bonds. The molecule has 3 nitrogen and oxygen atoms in total. The minimum absolute atomic E-state index is 0.0880. The van der Waals surface area contributed by atoms with Crippen molar-refractivity contribution >= 4 is 11.8 Å². The number of Topliss-reactive ketones (excluding diaryl/α,β-unsaturated/α-hetero) is 1. The molecule has 1 N–H and O–H groups in total. The molecule has 0 fully saturated rings. The van der Waals surface area contributed by atoms with E-state index in [1.165, 1.54) is 13.0 Å². The van der Waals surface area contributed by atoms with Gasteiger partial charge in [-0.25, -0.2) is 4.79 Å². The van der Waals surface area contributed by atoms with Crippen molar-refractivity contribution in [2.45, 2.75) is 20.8 Å². The van der Waals surface area contributed by atoms with Crippen LogP contribution in [0.2, 0.25) is 0 Å². The number of ketones is 1. The molecule has 0 heterocycles. The van der Waals surface area contributed by atoms with E-state index in [-0.39, 0.29) is 11.5 Å². The van der Waals surface area contributed by atoms with Gasteiger partial charge in [0.2, 0.25) is 0 Å². The van der Waals surface area contributed by atoms with Gasteiger partial charge in [-0.2, -0.15) is 0 Å². The van der Waals surface area contributed by atoms with Gasteiger partial charge in [-0.1, -0.05) is 19.9 Å². The van der Waals surface area contributed by atoms with Crippen LogP contribution in [0.1, 0.15) is 20.8 Å². The lowest BCUT2D eigenvalue weighted by molar-refractivity contribution is -0.134. The van der Waals surface area contributed by atoms with E-state index >= 15 is 0 Å². The average Bonchev–Trinajstić information content (AvgIpc) is 1.81. The number of carboxylic acids is 1. The lowest BCUT2D eigenvalue weighted by atomic mass is 10.1. The van der Waals surface area contributed by atoms with E-state index in [0.29, 0.717) is 0 Å². The SMILES string of the molecule is CC(=O)C(=CC(C)C)C(=O)O.